The first-order valence-corrected chi connectivity index (χ1v) is 7.91. The standard InChI is InChI=1S/C17H14N2O3S/c20-16(9-12-6-8-23-11-12)18-13-3-1-4-14(10-13)19-17(21)15-5-2-7-22-15/h1-8,10-11H,9H2,(H,18,20)(H,19,21). The van der Waals surface area contributed by atoms with E-state index in [9.17, 15) is 9.59 Å². The molecule has 3 aromatic rings. The molecule has 6 heteroatoms. The molecule has 0 bridgehead atoms. The molecule has 5 nitrogen and oxygen atoms in total. The molecule has 23 heavy (non-hydrogen) atoms. The van der Waals surface area contributed by atoms with E-state index in [2.05, 4.69) is 10.6 Å². The molecule has 0 saturated heterocycles. The number of rotatable bonds is 5. The number of nitrogens with one attached hydrogen (secondary N) is 2. The summed E-state index contributed by atoms with van der Waals surface area (Å²) in [7, 11) is 0. The number of benzene rings is 1. The molecule has 0 aliphatic rings. The third-order valence-electron chi connectivity index (χ3n) is 3.09. The predicted octanol–water partition coefficient (Wildman–Crippen LogP) is 3.77. The minimum Gasteiger partial charge on any atom is -0.459 e. The van der Waals surface area contributed by atoms with Crippen LogP contribution in [0.25, 0.3) is 0 Å². The highest BCUT2D eigenvalue weighted by Gasteiger charge is 2.09. The molecule has 0 spiro atoms. The average molecular weight is 326 g/mol. The Morgan fingerprint density at radius 2 is 1.87 bits per heavy atom. The van der Waals surface area contributed by atoms with Crippen molar-refractivity contribution in [3.8, 4) is 0 Å². The summed E-state index contributed by atoms with van der Waals surface area (Å²) in [5.41, 5.74) is 2.19. The van der Waals surface area contributed by atoms with Crippen molar-refractivity contribution in [2.45, 2.75) is 6.42 Å². The molecule has 2 heterocycles. The third-order valence-corrected chi connectivity index (χ3v) is 3.83. The molecule has 2 aromatic heterocycles. The van der Waals surface area contributed by atoms with Crippen molar-refractivity contribution >= 4 is 34.5 Å². The Balaban J connectivity index is 1.63. The highest BCUT2D eigenvalue weighted by molar-refractivity contribution is 7.08. The largest absolute Gasteiger partial charge is 0.459 e. The summed E-state index contributed by atoms with van der Waals surface area (Å²) in [5, 5.41) is 9.42. The van der Waals surface area contributed by atoms with Crippen LogP contribution in [0.4, 0.5) is 11.4 Å². The van der Waals surface area contributed by atoms with Gasteiger partial charge in [0.05, 0.1) is 12.7 Å². The Kier molecular flexibility index (Phi) is 4.54. The monoisotopic (exact) mass is 326 g/mol. The SMILES string of the molecule is O=C(Cc1ccsc1)Nc1cccc(NC(=O)c2ccco2)c1. The quantitative estimate of drug-likeness (QED) is 0.749. The lowest BCUT2D eigenvalue weighted by atomic mass is 10.2. The zero-order chi connectivity index (χ0) is 16.1. The molecule has 2 amide bonds. The van der Waals surface area contributed by atoms with Gasteiger partial charge in [-0.05, 0) is 52.7 Å². The highest BCUT2D eigenvalue weighted by Crippen LogP contribution is 2.17. The highest BCUT2D eigenvalue weighted by atomic mass is 32.1. The van der Waals surface area contributed by atoms with Crippen LogP contribution in [0.2, 0.25) is 0 Å². The van der Waals surface area contributed by atoms with Crippen LogP contribution in [0, 0.1) is 0 Å². The molecule has 0 radical (unpaired) electrons. The zero-order valence-corrected chi connectivity index (χ0v) is 12.9. The lowest BCUT2D eigenvalue weighted by Crippen LogP contribution is -2.15. The van der Waals surface area contributed by atoms with Gasteiger partial charge in [0.2, 0.25) is 5.91 Å². The number of amides is 2. The summed E-state index contributed by atoms with van der Waals surface area (Å²) < 4.78 is 5.04. The smallest absolute Gasteiger partial charge is 0.291 e. The Morgan fingerprint density at radius 3 is 2.57 bits per heavy atom. The number of hydrogen-bond acceptors (Lipinski definition) is 4. The van der Waals surface area contributed by atoms with E-state index in [4.69, 9.17) is 4.42 Å². The van der Waals surface area contributed by atoms with Crippen LogP contribution < -0.4 is 10.6 Å². The molecule has 3 rings (SSSR count). The van der Waals surface area contributed by atoms with Crippen LogP contribution in [-0.2, 0) is 11.2 Å². The maximum Gasteiger partial charge on any atom is 0.291 e. The van der Waals surface area contributed by atoms with E-state index in [1.165, 1.54) is 6.26 Å². The Bertz CT molecular complexity index is 795. The third kappa shape index (κ3) is 4.08. The topological polar surface area (TPSA) is 71.3 Å². The number of carbonyl (C=O) groups excluding carboxylic acids is 2. The van der Waals surface area contributed by atoms with Crippen molar-refractivity contribution in [3.05, 3.63) is 70.8 Å². The summed E-state index contributed by atoms with van der Waals surface area (Å²) in [6.45, 7) is 0. The van der Waals surface area contributed by atoms with Gasteiger partial charge in [-0.3, -0.25) is 9.59 Å². The number of anilines is 2. The summed E-state index contributed by atoms with van der Waals surface area (Å²) >= 11 is 1.56. The molecule has 2 N–H and O–H groups in total. The van der Waals surface area contributed by atoms with E-state index in [1.54, 1.807) is 47.7 Å². The summed E-state index contributed by atoms with van der Waals surface area (Å²) in [4.78, 5) is 23.9. The fraction of sp³-hybridized carbons (Fsp3) is 0.0588. The summed E-state index contributed by atoms with van der Waals surface area (Å²) in [6.07, 6.45) is 1.77. The minimum atomic E-state index is -0.336. The van der Waals surface area contributed by atoms with Crippen molar-refractivity contribution < 1.29 is 14.0 Å². The molecule has 0 aliphatic heterocycles. The van der Waals surface area contributed by atoms with Crippen LogP contribution in [0.3, 0.4) is 0 Å². The van der Waals surface area contributed by atoms with Gasteiger partial charge in [0.1, 0.15) is 0 Å². The predicted molar refractivity (Wildman–Crippen MR) is 89.8 cm³/mol. The molecule has 0 atom stereocenters. The van der Waals surface area contributed by atoms with Crippen molar-refractivity contribution in [2.75, 3.05) is 10.6 Å². The van der Waals surface area contributed by atoms with Crippen molar-refractivity contribution in [3.63, 3.8) is 0 Å². The van der Waals surface area contributed by atoms with E-state index >= 15 is 0 Å². The Morgan fingerprint density at radius 1 is 1.04 bits per heavy atom. The fourth-order valence-corrected chi connectivity index (χ4v) is 2.73. The van der Waals surface area contributed by atoms with Gasteiger partial charge in [-0.2, -0.15) is 11.3 Å². The van der Waals surface area contributed by atoms with Crippen LogP contribution >= 0.6 is 11.3 Å². The van der Waals surface area contributed by atoms with Gasteiger partial charge in [0, 0.05) is 11.4 Å². The first kappa shape index (κ1) is 15.1. The lowest BCUT2D eigenvalue weighted by molar-refractivity contribution is -0.115. The molecule has 0 saturated carbocycles. The maximum atomic E-state index is 12.0. The van der Waals surface area contributed by atoms with Crippen molar-refractivity contribution in [2.24, 2.45) is 0 Å². The van der Waals surface area contributed by atoms with Gasteiger partial charge in [-0.25, -0.2) is 0 Å². The molecular formula is C17H14N2O3S. The number of furan rings is 1. The molecule has 0 unspecified atom stereocenters. The molecule has 0 aliphatic carbocycles. The molecule has 116 valence electrons. The number of carbonyl (C=O) groups is 2. The van der Waals surface area contributed by atoms with Crippen LogP contribution in [0.5, 0.6) is 0 Å². The normalized spacial score (nSPS) is 10.3. The number of hydrogen-bond donors (Lipinski definition) is 2. The van der Waals surface area contributed by atoms with Crippen molar-refractivity contribution in [1.82, 2.24) is 0 Å². The van der Waals surface area contributed by atoms with Crippen molar-refractivity contribution in [1.29, 1.82) is 0 Å². The zero-order valence-electron chi connectivity index (χ0n) is 12.1. The van der Waals surface area contributed by atoms with E-state index in [0.717, 1.165) is 5.56 Å². The van der Waals surface area contributed by atoms with E-state index in [-0.39, 0.29) is 17.6 Å². The van der Waals surface area contributed by atoms with Gasteiger partial charge < -0.3 is 15.1 Å². The van der Waals surface area contributed by atoms with E-state index < -0.39 is 0 Å². The molecular weight excluding hydrogens is 312 g/mol. The minimum absolute atomic E-state index is 0.0992. The second kappa shape index (κ2) is 6.93. The van der Waals surface area contributed by atoms with Gasteiger partial charge in [-0.1, -0.05) is 6.07 Å². The van der Waals surface area contributed by atoms with Gasteiger partial charge in [-0.15, -0.1) is 0 Å². The van der Waals surface area contributed by atoms with Crippen LogP contribution in [0.1, 0.15) is 16.1 Å². The van der Waals surface area contributed by atoms with Crippen LogP contribution in [0.15, 0.2) is 63.9 Å². The van der Waals surface area contributed by atoms with E-state index in [1.807, 2.05) is 16.8 Å². The lowest BCUT2D eigenvalue weighted by Gasteiger charge is -2.08. The van der Waals surface area contributed by atoms with Gasteiger partial charge in [0.15, 0.2) is 5.76 Å². The van der Waals surface area contributed by atoms with Gasteiger partial charge >= 0.3 is 0 Å². The Labute approximate surface area is 136 Å². The second-order valence-corrected chi connectivity index (χ2v) is 5.65. The summed E-state index contributed by atoms with van der Waals surface area (Å²) in [5.74, 6) is -0.202. The Hall–Kier alpha value is -2.86. The van der Waals surface area contributed by atoms with Gasteiger partial charge in [0.25, 0.3) is 5.91 Å². The summed E-state index contributed by atoms with van der Waals surface area (Å²) in [6, 6.07) is 12.1. The van der Waals surface area contributed by atoms with E-state index in [0.29, 0.717) is 17.8 Å². The first-order chi connectivity index (χ1) is 11.2. The fourth-order valence-electron chi connectivity index (χ4n) is 2.06. The average Bonchev–Trinajstić information content (AvgIpc) is 3.20. The maximum absolute atomic E-state index is 12.0. The first-order valence-electron chi connectivity index (χ1n) is 6.96. The second-order valence-electron chi connectivity index (χ2n) is 4.87. The molecule has 0 fully saturated rings. The number of thiophene rings is 1. The molecule has 1 aromatic carbocycles. The van der Waals surface area contributed by atoms with Crippen LogP contribution in [-0.4, -0.2) is 11.8 Å².